The zero-order chi connectivity index (χ0) is 51.2. The summed E-state index contributed by atoms with van der Waals surface area (Å²) >= 11 is 0. The van der Waals surface area contributed by atoms with Crippen molar-refractivity contribution in [3.63, 3.8) is 0 Å². The fraction of sp³-hybridized carbons (Fsp3) is 0.820. The van der Waals surface area contributed by atoms with Crippen LogP contribution in [0.1, 0.15) is 113 Å². The molecule has 19 nitrogen and oxygen atoms in total. The van der Waals surface area contributed by atoms with Gasteiger partial charge in [0, 0.05) is 75.8 Å². The molecule has 19 heteroatoms. The highest BCUT2D eigenvalue weighted by Gasteiger charge is 2.54. The number of aliphatic hydroxyl groups excluding tert-OH is 2. The number of nitrogens with zero attached hydrogens (tertiary/aromatic N) is 6. The van der Waals surface area contributed by atoms with E-state index in [0.29, 0.717) is 52.1 Å². The molecule has 1 aromatic heterocycles. The molecule has 4 N–H and O–H groups in total. The van der Waals surface area contributed by atoms with Crippen LogP contribution in [0.5, 0.6) is 0 Å². The summed E-state index contributed by atoms with van der Waals surface area (Å²) in [5, 5.41) is 67.4. The summed E-state index contributed by atoms with van der Waals surface area (Å²) in [6, 6.07) is 5.81. The predicted octanol–water partition coefficient (Wildman–Crippen LogP) is 4.53. The largest absolute Gasteiger partial charge is 0.459 e. The Bertz CT molecular complexity index is 1940. The Hall–Kier alpha value is -3.21. The van der Waals surface area contributed by atoms with Crippen molar-refractivity contribution in [3.05, 3.63) is 51.8 Å². The fourth-order valence-corrected chi connectivity index (χ4v) is 11.3. The molecule has 3 saturated heterocycles. The Morgan fingerprint density at radius 3 is 2.32 bits per heavy atom. The lowest BCUT2D eigenvalue weighted by Crippen LogP contribution is -2.61. The summed E-state index contributed by atoms with van der Waals surface area (Å²) in [7, 11) is 5.50. The smallest absolute Gasteiger partial charge is 0.309 e. The van der Waals surface area contributed by atoms with Gasteiger partial charge in [0.05, 0.1) is 71.9 Å². The zero-order valence-electron chi connectivity index (χ0n) is 43.4. The topological polar surface area (TPSA) is 234 Å². The molecule has 0 aliphatic carbocycles. The summed E-state index contributed by atoms with van der Waals surface area (Å²) in [4.78, 5) is 29.3. The Kier molecular flexibility index (Phi) is 19.7. The van der Waals surface area contributed by atoms with Gasteiger partial charge in [-0.2, -0.15) is 0 Å². The molecule has 3 aliphatic heterocycles. The van der Waals surface area contributed by atoms with E-state index in [1.54, 1.807) is 44.7 Å². The first-order valence-corrected chi connectivity index (χ1v) is 24.9. The van der Waals surface area contributed by atoms with Crippen LogP contribution in [0.4, 0.5) is 5.69 Å². The first-order valence-electron chi connectivity index (χ1n) is 24.9. The third kappa shape index (κ3) is 14.1. The maximum atomic E-state index is 14.6. The molecule has 17 atom stereocenters. The van der Waals surface area contributed by atoms with E-state index >= 15 is 0 Å². The van der Waals surface area contributed by atoms with Gasteiger partial charge >= 0.3 is 5.97 Å². The van der Waals surface area contributed by atoms with Crippen LogP contribution in [0.25, 0.3) is 0 Å². The second-order valence-corrected chi connectivity index (χ2v) is 21.4. The Morgan fingerprint density at radius 1 is 1.00 bits per heavy atom. The van der Waals surface area contributed by atoms with Crippen molar-refractivity contribution >= 4 is 11.7 Å². The van der Waals surface area contributed by atoms with Crippen LogP contribution in [0, 0.1) is 33.8 Å². The zero-order valence-corrected chi connectivity index (χ0v) is 43.4. The molecule has 5 rings (SSSR count). The van der Waals surface area contributed by atoms with E-state index in [-0.39, 0.29) is 36.6 Å². The summed E-state index contributed by atoms with van der Waals surface area (Å²) in [5.41, 5.74) is -2.57. The number of aliphatic hydroxyl groups is 4. The van der Waals surface area contributed by atoms with Crippen LogP contribution in [0.3, 0.4) is 0 Å². The van der Waals surface area contributed by atoms with Crippen LogP contribution >= 0.6 is 0 Å². The quantitative estimate of drug-likeness (QED) is 0.0831. The second kappa shape index (κ2) is 24.0. The highest BCUT2D eigenvalue weighted by atomic mass is 16.7. The first kappa shape index (κ1) is 56.7. The number of non-ortho nitro benzene ring substituents is 1. The van der Waals surface area contributed by atoms with Crippen LogP contribution < -0.4 is 0 Å². The molecule has 0 saturated carbocycles. The number of methoxy groups -OCH3 is 1. The van der Waals surface area contributed by atoms with Gasteiger partial charge < -0.3 is 58.6 Å². The molecular formula is C50H84N6O13. The van der Waals surface area contributed by atoms with Gasteiger partial charge in [-0.05, 0) is 104 Å². The summed E-state index contributed by atoms with van der Waals surface area (Å²) in [5.74, 6) is -2.78. The number of nitro groups is 1. The Morgan fingerprint density at radius 2 is 1.68 bits per heavy atom. The van der Waals surface area contributed by atoms with Gasteiger partial charge in [0.15, 0.2) is 6.29 Å². The summed E-state index contributed by atoms with van der Waals surface area (Å²) < 4.78 is 40.0. The summed E-state index contributed by atoms with van der Waals surface area (Å²) in [6.45, 7) is 20.7. The number of cyclic esters (lactones) is 1. The number of hydrogen-bond acceptors (Lipinski definition) is 17. The van der Waals surface area contributed by atoms with Crippen molar-refractivity contribution in [2.75, 3.05) is 40.9 Å². The monoisotopic (exact) mass is 977 g/mol. The van der Waals surface area contributed by atoms with E-state index in [9.17, 15) is 35.3 Å². The van der Waals surface area contributed by atoms with Crippen molar-refractivity contribution in [2.45, 2.75) is 199 Å². The van der Waals surface area contributed by atoms with Crippen LogP contribution in [-0.2, 0) is 52.8 Å². The number of carbonyl (C=O) groups excluding carboxylic acids is 1. The third-order valence-corrected chi connectivity index (χ3v) is 15.6. The van der Waals surface area contributed by atoms with Gasteiger partial charge in [0.25, 0.3) is 5.69 Å². The molecule has 3 fully saturated rings. The molecule has 0 amide bonds. The highest BCUT2D eigenvalue weighted by Crippen LogP contribution is 2.45. The third-order valence-electron chi connectivity index (χ3n) is 15.6. The number of esters is 1. The normalized spacial score (nSPS) is 39.1. The SMILES string of the molecule is CC[C@H]1OC(=O)[C@H](C)[C@@H](C2C[C@@](C)(OC)[C@@H](O)[C@H](C)O2)[C@H](C)[C@@H](O[C@H]2C[C@@H](N(C)CCc3cn(CCOCc4ccc([N+](=O)[O-])cc4)nn3)C[C@@H](C)O2)[C@](C)(O)C[C@@H](C)CN(C)[C@H](C)[C@@H](O)[C@]1(C)O. The maximum Gasteiger partial charge on any atom is 0.309 e. The van der Waals surface area contributed by atoms with Gasteiger partial charge in [-0.25, -0.2) is 4.68 Å². The van der Waals surface area contributed by atoms with Crippen molar-refractivity contribution in [1.29, 1.82) is 0 Å². The molecule has 0 spiro atoms. The van der Waals surface area contributed by atoms with E-state index < -0.39 is 94.4 Å². The average molecular weight is 977 g/mol. The lowest BCUT2D eigenvalue weighted by Gasteiger charge is -2.51. The minimum absolute atomic E-state index is 0.0361. The molecule has 392 valence electrons. The number of rotatable bonds is 15. The molecule has 3 aliphatic rings. The molecule has 0 bridgehead atoms. The number of likely N-dealkylation sites (N-methyl/N-ethyl adjacent to an activating group) is 2. The predicted molar refractivity (Wildman–Crippen MR) is 257 cm³/mol. The first-order chi connectivity index (χ1) is 32.3. The molecule has 0 radical (unpaired) electrons. The Labute approximate surface area is 409 Å². The van der Waals surface area contributed by atoms with Crippen molar-refractivity contribution in [1.82, 2.24) is 24.8 Å². The minimum Gasteiger partial charge on any atom is -0.459 e. The highest BCUT2D eigenvalue weighted by molar-refractivity contribution is 5.73. The second-order valence-electron chi connectivity index (χ2n) is 21.4. The van der Waals surface area contributed by atoms with E-state index in [2.05, 4.69) is 22.3 Å². The standard InChI is InChI=1S/C50H84N6O13/c1-14-41-50(10,61)44(57)34(6)54(12)27-30(2)25-48(8,60)46(32(4)43(33(5)47(59)68-41)40-26-49(9,64-13)45(58)35(7)67-40)69-42-24-39(23-31(3)66-42)53(11)20-19-37-28-55(52-51-37)21-22-65-29-36-15-17-38(18-16-36)56(62)63/h15-18,28,30-35,39-46,57-58,60-61H,14,19-27,29H2,1-13H3/t30-,31-,32+,33-,34-,35+,39+,40?,41-,42+,43+,44-,45+,46-,48-,49-,50-/m1/s1. The number of carbonyl (C=O) groups is 1. The van der Waals surface area contributed by atoms with Crippen molar-refractivity contribution < 1.29 is 58.6 Å². The van der Waals surface area contributed by atoms with E-state index in [1.807, 2.05) is 59.7 Å². The van der Waals surface area contributed by atoms with Crippen LogP contribution in [0.15, 0.2) is 30.5 Å². The van der Waals surface area contributed by atoms with Gasteiger partial charge in [-0.3, -0.25) is 14.9 Å². The lowest BCUT2D eigenvalue weighted by atomic mass is 9.68. The van der Waals surface area contributed by atoms with Gasteiger partial charge in [-0.15, -0.1) is 5.10 Å². The van der Waals surface area contributed by atoms with Crippen LogP contribution in [-0.4, -0.2) is 175 Å². The van der Waals surface area contributed by atoms with E-state index in [1.165, 1.54) is 19.1 Å². The minimum atomic E-state index is -1.79. The molecular weight excluding hydrogens is 893 g/mol. The van der Waals surface area contributed by atoms with Crippen molar-refractivity contribution in [2.24, 2.45) is 23.7 Å². The number of hydrogen-bond donors (Lipinski definition) is 4. The average Bonchev–Trinajstić information content (AvgIpc) is 3.75. The van der Waals surface area contributed by atoms with Crippen molar-refractivity contribution in [3.8, 4) is 0 Å². The van der Waals surface area contributed by atoms with E-state index in [4.69, 9.17) is 28.4 Å². The van der Waals surface area contributed by atoms with E-state index in [0.717, 1.165) is 17.7 Å². The summed E-state index contributed by atoms with van der Waals surface area (Å²) in [6.07, 6.45) is -1.77. The molecule has 69 heavy (non-hydrogen) atoms. The lowest BCUT2D eigenvalue weighted by molar-refractivity contribution is -0.384. The van der Waals surface area contributed by atoms with Gasteiger partial charge in [0.1, 0.15) is 23.9 Å². The molecule has 4 heterocycles. The number of ether oxygens (including phenoxy) is 6. The molecule has 1 aromatic carbocycles. The van der Waals surface area contributed by atoms with Gasteiger partial charge in [0.2, 0.25) is 0 Å². The number of aromatic nitrogens is 3. The maximum absolute atomic E-state index is 14.6. The molecule has 2 aromatic rings. The Balaban J connectivity index is 1.36. The van der Waals surface area contributed by atoms with Gasteiger partial charge in [-0.1, -0.05) is 32.9 Å². The fourth-order valence-electron chi connectivity index (χ4n) is 11.3. The number of nitro benzene ring substituents is 1. The number of benzene rings is 1. The van der Waals surface area contributed by atoms with Crippen LogP contribution in [0.2, 0.25) is 0 Å². The molecule has 1 unspecified atom stereocenters.